The van der Waals surface area contributed by atoms with E-state index in [1.807, 2.05) is 12.4 Å². The number of imidazole rings is 1. The Labute approximate surface area is 180 Å². The second-order valence-corrected chi connectivity index (χ2v) is 8.95. The lowest BCUT2D eigenvalue weighted by Crippen LogP contribution is -2.36. The van der Waals surface area contributed by atoms with Crippen LogP contribution < -0.4 is 4.57 Å². The van der Waals surface area contributed by atoms with Gasteiger partial charge in [-0.25, -0.2) is 4.57 Å². The van der Waals surface area contributed by atoms with Crippen LogP contribution in [0.2, 0.25) is 0 Å². The molecule has 0 aliphatic carbocycles. The molecule has 3 nitrogen and oxygen atoms in total. The van der Waals surface area contributed by atoms with Crippen LogP contribution in [0.15, 0.2) is 54.9 Å². The van der Waals surface area contributed by atoms with E-state index in [2.05, 4.69) is 105 Å². The van der Waals surface area contributed by atoms with Gasteiger partial charge in [0.25, 0.3) is 5.82 Å². The van der Waals surface area contributed by atoms with Crippen molar-refractivity contribution in [2.75, 3.05) is 0 Å². The first-order chi connectivity index (χ1) is 14.3. The summed E-state index contributed by atoms with van der Waals surface area (Å²) >= 11 is 0. The lowest BCUT2D eigenvalue weighted by Gasteiger charge is -2.18. The summed E-state index contributed by atoms with van der Waals surface area (Å²) in [4.78, 5) is 4.48. The number of nitrogens with zero attached hydrogens (tertiary/aromatic N) is 3. The lowest BCUT2D eigenvalue weighted by molar-refractivity contribution is -0.557. The number of hydrogen-bond donors (Lipinski definition) is 0. The molecule has 0 fully saturated rings. The molecule has 0 spiro atoms. The summed E-state index contributed by atoms with van der Waals surface area (Å²) in [6, 6.07) is 15.5. The molecule has 0 unspecified atom stereocenters. The average Bonchev–Trinajstić information content (AvgIpc) is 3.01. The largest absolute Gasteiger partial charge is 0.296 e. The molecule has 30 heavy (non-hydrogen) atoms. The Morgan fingerprint density at radius 3 is 2.07 bits per heavy atom. The van der Waals surface area contributed by atoms with Gasteiger partial charge in [0.15, 0.2) is 11.0 Å². The maximum atomic E-state index is 4.48. The quantitative estimate of drug-likeness (QED) is 0.366. The monoisotopic (exact) mass is 398 g/mol. The SMILES string of the molecule is Cc1ccncc1-c1n(C)c2cccc(C)c2[n+]1-c1c(C(C)C)cccc1C(C)C. The predicted molar refractivity (Wildman–Crippen MR) is 125 cm³/mol. The Morgan fingerprint density at radius 2 is 1.47 bits per heavy atom. The van der Waals surface area contributed by atoms with Gasteiger partial charge in [-0.2, -0.15) is 4.57 Å². The van der Waals surface area contributed by atoms with Crippen molar-refractivity contribution in [1.29, 1.82) is 0 Å². The molecule has 4 rings (SSSR count). The molecule has 3 heteroatoms. The summed E-state index contributed by atoms with van der Waals surface area (Å²) in [6.45, 7) is 13.5. The Hall–Kier alpha value is -2.94. The first kappa shape index (κ1) is 20.3. The van der Waals surface area contributed by atoms with Gasteiger partial charge in [-0.1, -0.05) is 58.0 Å². The van der Waals surface area contributed by atoms with Gasteiger partial charge in [0.2, 0.25) is 0 Å². The highest BCUT2D eigenvalue weighted by Gasteiger charge is 2.32. The molecule has 0 saturated carbocycles. The molecule has 0 atom stereocenters. The van der Waals surface area contributed by atoms with Gasteiger partial charge in [0.1, 0.15) is 5.69 Å². The fourth-order valence-corrected chi connectivity index (χ4v) is 4.56. The fourth-order valence-electron chi connectivity index (χ4n) is 4.56. The van der Waals surface area contributed by atoms with Crippen LogP contribution in [0, 0.1) is 13.8 Å². The van der Waals surface area contributed by atoms with Gasteiger partial charge < -0.3 is 0 Å². The summed E-state index contributed by atoms with van der Waals surface area (Å²) in [5.41, 5.74) is 10.3. The molecule has 2 aromatic carbocycles. The zero-order valence-corrected chi connectivity index (χ0v) is 19.2. The van der Waals surface area contributed by atoms with Crippen molar-refractivity contribution in [3.8, 4) is 17.1 Å². The van der Waals surface area contributed by atoms with E-state index >= 15 is 0 Å². The number of hydrogen-bond acceptors (Lipinski definition) is 1. The molecule has 0 aliphatic rings. The van der Waals surface area contributed by atoms with Crippen molar-refractivity contribution in [3.05, 3.63) is 77.1 Å². The normalized spacial score (nSPS) is 11.8. The molecule has 0 radical (unpaired) electrons. The Bertz CT molecular complexity index is 1200. The van der Waals surface area contributed by atoms with Crippen LogP contribution in [-0.4, -0.2) is 9.55 Å². The minimum Gasteiger partial charge on any atom is -0.264 e. The second kappa shape index (κ2) is 7.71. The van der Waals surface area contributed by atoms with E-state index in [9.17, 15) is 0 Å². The maximum absolute atomic E-state index is 4.48. The van der Waals surface area contributed by atoms with Crippen LogP contribution in [0.3, 0.4) is 0 Å². The number of pyridine rings is 1. The molecule has 2 aromatic heterocycles. The van der Waals surface area contributed by atoms with E-state index in [0.29, 0.717) is 11.8 Å². The van der Waals surface area contributed by atoms with Crippen LogP contribution in [0.5, 0.6) is 0 Å². The average molecular weight is 399 g/mol. The molecular weight excluding hydrogens is 366 g/mol. The van der Waals surface area contributed by atoms with E-state index in [0.717, 1.165) is 0 Å². The zero-order valence-electron chi connectivity index (χ0n) is 19.2. The van der Waals surface area contributed by atoms with E-state index in [-0.39, 0.29) is 0 Å². The highest BCUT2D eigenvalue weighted by molar-refractivity contribution is 5.80. The van der Waals surface area contributed by atoms with Crippen molar-refractivity contribution in [2.45, 2.75) is 53.4 Å². The molecule has 0 bridgehead atoms. The summed E-state index contributed by atoms with van der Waals surface area (Å²) in [5, 5.41) is 0. The number of fused-ring (bicyclic) bond motifs is 1. The molecule has 0 aliphatic heterocycles. The van der Waals surface area contributed by atoms with Crippen molar-refractivity contribution in [2.24, 2.45) is 7.05 Å². The smallest absolute Gasteiger partial charge is 0.264 e. The predicted octanol–water partition coefficient (Wildman–Crippen LogP) is 6.38. The number of aryl methyl sites for hydroxylation is 3. The van der Waals surface area contributed by atoms with Gasteiger partial charge in [0, 0.05) is 29.1 Å². The van der Waals surface area contributed by atoms with Gasteiger partial charge >= 0.3 is 0 Å². The molecule has 4 aromatic rings. The van der Waals surface area contributed by atoms with Crippen molar-refractivity contribution in [3.63, 3.8) is 0 Å². The Balaban J connectivity index is 2.27. The molecular formula is C27H32N3+. The number of para-hydroxylation sites is 2. The number of rotatable bonds is 4. The molecule has 154 valence electrons. The Morgan fingerprint density at radius 1 is 0.833 bits per heavy atom. The highest BCUT2D eigenvalue weighted by Crippen LogP contribution is 2.33. The van der Waals surface area contributed by atoms with E-state index in [1.165, 1.54) is 50.4 Å². The number of aromatic nitrogens is 3. The van der Waals surface area contributed by atoms with Gasteiger partial charge in [0.05, 0.1) is 12.6 Å². The summed E-state index contributed by atoms with van der Waals surface area (Å²) in [6.07, 6.45) is 3.88. The van der Waals surface area contributed by atoms with Crippen molar-refractivity contribution < 1.29 is 4.57 Å². The second-order valence-electron chi connectivity index (χ2n) is 8.95. The van der Waals surface area contributed by atoms with E-state index in [4.69, 9.17) is 0 Å². The van der Waals surface area contributed by atoms with Gasteiger partial charge in [-0.3, -0.25) is 4.98 Å². The molecule has 0 saturated heterocycles. The summed E-state index contributed by atoms with van der Waals surface area (Å²) in [5.74, 6) is 2.03. The topological polar surface area (TPSA) is 21.7 Å². The van der Waals surface area contributed by atoms with Crippen LogP contribution in [0.4, 0.5) is 0 Å². The molecule has 2 heterocycles. The summed E-state index contributed by atoms with van der Waals surface area (Å²) < 4.78 is 4.83. The van der Waals surface area contributed by atoms with Crippen LogP contribution in [0.25, 0.3) is 28.1 Å². The van der Waals surface area contributed by atoms with Gasteiger partial charge in [-0.15, -0.1) is 0 Å². The fraction of sp³-hybridized carbons (Fsp3) is 0.333. The van der Waals surface area contributed by atoms with Crippen LogP contribution in [-0.2, 0) is 7.05 Å². The highest BCUT2D eigenvalue weighted by atomic mass is 15.2. The lowest BCUT2D eigenvalue weighted by atomic mass is 9.92. The molecule has 0 amide bonds. The number of benzene rings is 2. The minimum atomic E-state index is 0.424. The zero-order chi connectivity index (χ0) is 21.6. The van der Waals surface area contributed by atoms with E-state index < -0.39 is 0 Å². The first-order valence-corrected chi connectivity index (χ1v) is 10.9. The van der Waals surface area contributed by atoms with Gasteiger partial charge in [-0.05, 0) is 43.4 Å². The maximum Gasteiger partial charge on any atom is 0.296 e. The van der Waals surface area contributed by atoms with Crippen LogP contribution >= 0.6 is 0 Å². The molecule has 0 N–H and O–H groups in total. The third-order valence-electron chi connectivity index (χ3n) is 6.18. The van der Waals surface area contributed by atoms with Crippen molar-refractivity contribution in [1.82, 2.24) is 9.55 Å². The first-order valence-electron chi connectivity index (χ1n) is 10.9. The van der Waals surface area contributed by atoms with Crippen LogP contribution in [0.1, 0.15) is 61.8 Å². The third-order valence-corrected chi connectivity index (χ3v) is 6.18. The van der Waals surface area contributed by atoms with Crippen molar-refractivity contribution >= 4 is 11.0 Å². The minimum absolute atomic E-state index is 0.424. The third kappa shape index (κ3) is 3.13. The summed E-state index contributed by atoms with van der Waals surface area (Å²) in [7, 11) is 2.17. The van der Waals surface area contributed by atoms with E-state index in [1.54, 1.807) is 0 Å². The standard InChI is InChI=1S/C27H32N3/c1-17(2)21-11-9-12-22(18(3)4)26(21)30-25-20(6)10-8-13-24(25)29(7)27(30)23-16-28-15-14-19(23)5/h8-18H,1-7H3/q+1. The Kier molecular flexibility index (Phi) is 5.23.